The zero-order chi connectivity index (χ0) is 16.7. The summed E-state index contributed by atoms with van der Waals surface area (Å²) < 4.78 is 0. The maximum Gasteiger partial charge on any atom is 0.0606 e. The van der Waals surface area contributed by atoms with Crippen molar-refractivity contribution in [3.63, 3.8) is 0 Å². The van der Waals surface area contributed by atoms with Gasteiger partial charge in [0.2, 0.25) is 0 Å². The molecule has 0 saturated heterocycles. The monoisotopic (exact) mass is 313 g/mol. The second-order valence-electron chi connectivity index (χ2n) is 7.81. The summed E-state index contributed by atoms with van der Waals surface area (Å²) in [7, 11) is 0. The lowest BCUT2D eigenvalue weighted by atomic mass is 9.95. The molecular formula is C20H43NO. The number of rotatable bonds is 16. The Balaban J connectivity index is 3.14. The van der Waals surface area contributed by atoms with Crippen LogP contribution in [0.15, 0.2) is 0 Å². The maximum absolute atomic E-state index is 9.71. The van der Waals surface area contributed by atoms with Gasteiger partial charge in [0.1, 0.15) is 0 Å². The first kappa shape index (κ1) is 21.9. The number of aliphatic hydroxyl groups is 1. The molecule has 2 heteroatoms. The number of hydrogen-bond acceptors (Lipinski definition) is 2. The van der Waals surface area contributed by atoms with E-state index in [0.717, 1.165) is 6.42 Å². The highest BCUT2D eigenvalue weighted by atomic mass is 16.3. The largest absolute Gasteiger partial charge is 0.390 e. The first-order valence-electron chi connectivity index (χ1n) is 9.93. The Hall–Kier alpha value is -0.0800. The van der Waals surface area contributed by atoms with Crippen molar-refractivity contribution in [2.45, 2.75) is 129 Å². The van der Waals surface area contributed by atoms with E-state index in [1.165, 1.54) is 83.5 Å². The van der Waals surface area contributed by atoms with Crippen LogP contribution in [-0.2, 0) is 0 Å². The van der Waals surface area contributed by atoms with Gasteiger partial charge in [0.05, 0.1) is 5.60 Å². The summed E-state index contributed by atoms with van der Waals surface area (Å²) in [6.07, 6.45) is 19.8. The highest BCUT2D eigenvalue weighted by Gasteiger charge is 2.16. The lowest BCUT2D eigenvalue weighted by molar-refractivity contribution is 0.0625. The van der Waals surface area contributed by atoms with Crippen LogP contribution in [0.25, 0.3) is 0 Å². The van der Waals surface area contributed by atoms with Crippen LogP contribution in [0.2, 0.25) is 0 Å². The Labute approximate surface area is 140 Å². The Morgan fingerprint density at radius 2 is 1.09 bits per heavy atom. The van der Waals surface area contributed by atoms with Crippen LogP contribution in [-0.4, -0.2) is 16.7 Å². The van der Waals surface area contributed by atoms with Crippen molar-refractivity contribution < 1.29 is 5.11 Å². The molecule has 0 aliphatic heterocycles. The molecule has 134 valence electrons. The topological polar surface area (TPSA) is 46.2 Å². The third kappa shape index (κ3) is 18.0. The first-order valence-corrected chi connectivity index (χ1v) is 9.93. The van der Waals surface area contributed by atoms with Gasteiger partial charge in [-0.3, -0.25) is 0 Å². The lowest BCUT2D eigenvalue weighted by Gasteiger charge is -2.21. The van der Waals surface area contributed by atoms with E-state index in [4.69, 9.17) is 5.73 Å². The molecule has 0 saturated carbocycles. The van der Waals surface area contributed by atoms with E-state index in [1.54, 1.807) is 0 Å². The molecule has 0 aliphatic rings. The molecule has 0 aliphatic carbocycles. The van der Waals surface area contributed by atoms with Crippen LogP contribution in [0.1, 0.15) is 117 Å². The molecule has 22 heavy (non-hydrogen) atoms. The molecule has 0 bridgehead atoms. The van der Waals surface area contributed by atoms with Crippen LogP contribution in [0, 0.1) is 0 Å². The molecule has 2 nitrogen and oxygen atoms in total. The molecule has 0 heterocycles. The summed E-state index contributed by atoms with van der Waals surface area (Å²) in [6.45, 7) is 5.97. The second-order valence-corrected chi connectivity index (χ2v) is 7.81. The van der Waals surface area contributed by atoms with Gasteiger partial charge in [-0.15, -0.1) is 0 Å². The highest BCUT2D eigenvalue weighted by Crippen LogP contribution is 2.16. The normalized spacial score (nSPS) is 13.5. The van der Waals surface area contributed by atoms with Gasteiger partial charge in [-0.1, -0.05) is 90.4 Å². The molecule has 1 unspecified atom stereocenters. The molecule has 3 N–H and O–H groups in total. The average molecular weight is 314 g/mol. The van der Waals surface area contributed by atoms with Crippen LogP contribution < -0.4 is 5.73 Å². The summed E-state index contributed by atoms with van der Waals surface area (Å²) in [6, 6.07) is 0.160. The van der Waals surface area contributed by atoms with Crippen LogP contribution >= 0.6 is 0 Å². The van der Waals surface area contributed by atoms with E-state index in [9.17, 15) is 5.11 Å². The molecule has 0 aromatic carbocycles. The highest BCUT2D eigenvalue weighted by molar-refractivity contribution is 4.73. The van der Waals surface area contributed by atoms with Gasteiger partial charge in [0.25, 0.3) is 0 Å². The van der Waals surface area contributed by atoms with Crippen molar-refractivity contribution in [3.8, 4) is 0 Å². The van der Waals surface area contributed by atoms with E-state index in [0.29, 0.717) is 6.42 Å². The SMILES string of the molecule is CCCCCCCCCCCCCCCC(N)CC(C)(C)O. The van der Waals surface area contributed by atoms with Crippen molar-refractivity contribution in [2.24, 2.45) is 5.73 Å². The fourth-order valence-corrected chi connectivity index (χ4v) is 3.17. The molecule has 0 spiro atoms. The molecule has 0 amide bonds. The minimum Gasteiger partial charge on any atom is -0.390 e. The molecule has 0 rings (SSSR count). The maximum atomic E-state index is 9.71. The number of hydrogen-bond donors (Lipinski definition) is 2. The van der Waals surface area contributed by atoms with Crippen LogP contribution in [0.5, 0.6) is 0 Å². The zero-order valence-electron chi connectivity index (χ0n) is 15.7. The number of nitrogens with two attached hydrogens (primary N) is 1. The minimum atomic E-state index is -0.615. The molecule has 0 aromatic rings. The third-order valence-electron chi connectivity index (χ3n) is 4.44. The quantitative estimate of drug-likeness (QED) is 0.345. The Kier molecular flexibility index (Phi) is 14.5. The smallest absolute Gasteiger partial charge is 0.0606 e. The van der Waals surface area contributed by atoms with Gasteiger partial charge in [0.15, 0.2) is 0 Å². The molecule has 0 fully saturated rings. The fraction of sp³-hybridized carbons (Fsp3) is 1.00. The predicted octanol–water partition coefficient (Wildman–Crippen LogP) is 5.96. The van der Waals surface area contributed by atoms with E-state index in [2.05, 4.69) is 6.92 Å². The van der Waals surface area contributed by atoms with Crippen molar-refractivity contribution in [1.29, 1.82) is 0 Å². The zero-order valence-corrected chi connectivity index (χ0v) is 15.7. The standard InChI is InChI=1S/C20H43NO/c1-4-5-6-7-8-9-10-11-12-13-14-15-16-17-19(21)18-20(2,3)22/h19,22H,4-18,21H2,1-3H3. The average Bonchev–Trinajstić information content (AvgIpc) is 2.42. The summed E-state index contributed by atoms with van der Waals surface area (Å²) in [4.78, 5) is 0. The predicted molar refractivity (Wildman–Crippen MR) is 99.2 cm³/mol. The van der Waals surface area contributed by atoms with E-state index in [-0.39, 0.29) is 6.04 Å². The summed E-state index contributed by atoms with van der Waals surface area (Å²) in [5, 5.41) is 9.71. The van der Waals surface area contributed by atoms with Crippen molar-refractivity contribution in [1.82, 2.24) is 0 Å². The van der Waals surface area contributed by atoms with E-state index in [1.807, 2.05) is 13.8 Å². The third-order valence-corrected chi connectivity index (χ3v) is 4.44. The van der Waals surface area contributed by atoms with E-state index >= 15 is 0 Å². The number of unbranched alkanes of at least 4 members (excludes halogenated alkanes) is 12. The summed E-state index contributed by atoms with van der Waals surface area (Å²) in [5.41, 5.74) is 5.42. The van der Waals surface area contributed by atoms with Gasteiger partial charge in [0, 0.05) is 6.04 Å². The van der Waals surface area contributed by atoms with Gasteiger partial charge < -0.3 is 10.8 Å². The summed E-state index contributed by atoms with van der Waals surface area (Å²) >= 11 is 0. The van der Waals surface area contributed by atoms with Crippen molar-refractivity contribution in [2.75, 3.05) is 0 Å². The minimum absolute atomic E-state index is 0.160. The molecular weight excluding hydrogens is 270 g/mol. The Bertz CT molecular complexity index is 222. The lowest BCUT2D eigenvalue weighted by Crippen LogP contribution is -2.31. The fourth-order valence-electron chi connectivity index (χ4n) is 3.17. The Morgan fingerprint density at radius 3 is 1.45 bits per heavy atom. The van der Waals surface area contributed by atoms with Gasteiger partial charge in [-0.25, -0.2) is 0 Å². The van der Waals surface area contributed by atoms with Crippen molar-refractivity contribution in [3.05, 3.63) is 0 Å². The summed E-state index contributed by atoms with van der Waals surface area (Å²) in [5.74, 6) is 0. The van der Waals surface area contributed by atoms with Crippen LogP contribution in [0.3, 0.4) is 0 Å². The van der Waals surface area contributed by atoms with Gasteiger partial charge >= 0.3 is 0 Å². The van der Waals surface area contributed by atoms with E-state index < -0.39 is 5.60 Å². The Morgan fingerprint density at radius 1 is 0.727 bits per heavy atom. The van der Waals surface area contributed by atoms with Crippen molar-refractivity contribution >= 4 is 0 Å². The molecule has 1 atom stereocenters. The van der Waals surface area contributed by atoms with Gasteiger partial charge in [-0.2, -0.15) is 0 Å². The molecule has 0 radical (unpaired) electrons. The molecule has 0 aromatic heterocycles. The van der Waals surface area contributed by atoms with Crippen LogP contribution in [0.4, 0.5) is 0 Å². The second kappa shape index (κ2) is 14.5. The first-order chi connectivity index (χ1) is 10.5. The van der Waals surface area contributed by atoms with Gasteiger partial charge in [-0.05, 0) is 26.7 Å².